The van der Waals surface area contributed by atoms with Crippen LogP contribution in [0.1, 0.15) is 367 Å². The predicted octanol–water partition coefficient (Wildman–Crippen LogP) is 23.3. The number of allylic oxidation sites excluding steroid dienone is 8. The van der Waals surface area contributed by atoms with E-state index >= 15 is 0 Å². The number of unbranched alkanes of at least 4 members (excludes halogenated alkanes) is 44. The first kappa shape index (κ1) is 74.4. The number of ether oxygens (including phenoxy) is 3. The lowest BCUT2D eigenvalue weighted by Gasteiger charge is -2.18. The number of carbonyl (C=O) groups is 3. The molecule has 0 saturated heterocycles. The molecular weight excluding hydrogens is 949 g/mol. The molecule has 0 amide bonds. The second-order valence-electron chi connectivity index (χ2n) is 23.1. The van der Waals surface area contributed by atoms with Gasteiger partial charge in [-0.2, -0.15) is 0 Å². The Balaban J connectivity index is 3.94. The molecule has 1 unspecified atom stereocenters. The molecule has 0 fully saturated rings. The zero-order valence-electron chi connectivity index (χ0n) is 51.7. The minimum atomic E-state index is -0.772. The molecule has 450 valence electrons. The molecule has 0 aliphatic rings. The van der Waals surface area contributed by atoms with Crippen LogP contribution in [0.3, 0.4) is 0 Å². The zero-order valence-corrected chi connectivity index (χ0v) is 51.7. The molecule has 0 aromatic rings. The number of esters is 3. The quantitative estimate of drug-likeness (QED) is 0.0261. The third kappa shape index (κ3) is 64.1. The van der Waals surface area contributed by atoms with Gasteiger partial charge in [0.15, 0.2) is 6.10 Å². The summed E-state index contributed by atoms with van der Waals surface area (Å²) < 4.78 is 16.8. The van der Waals surface area contributed by atoms with Gasteiger partial charge in [0.05, 0.1) is 0 Å². The molecule has 6 nitrogen and oxygen atoms in total. The Hall–Kier alpha value is -2.63. The van der Waals surface area contributed by atoms with Gasteiger partial charge in [0.25, 0.3) is 0 Å². The Morgan fingerprint density at radius 1 is 0.260 bits per heavy atom. The third-order valence-corrected chi connectivity index (χ3v) is 15.3. The van der Waals surface area contributed by atoms with Gasteiger partial charge in [-0.25, -0.2) is 0 Å². The van der Waals surface area contributed by atoms with Gasteiger partial charge in [0.2, 0.25) is 0 Å². The molecule has 0 N–H and O–H groups in total. The Morgan fingerprint density at radius 3 is 0.740 bits per heavy atom. The lowest BCUT2D eigenvalue weighted by molar-refractivity contribution is -0.167. The van der Waals surface area contributed by atoms with Crippen molar-refractivity contribution in [3.05, 3.63) is 48.6 Å². The summed E-state index contributed by atoms with van der Waals surface area (Å²) in [7, 11) is 0. The Bertz CT molecular complexity index is 1330. The van der Waals surface area contributed by atoms with Gasteiger partial charge in [-0.05, 0) is 83.5 Å². The predicted molar refractivity (Wildman–Crippen MR) is 335 cm³/mol. The molecule has 0 saturated carbocycles. The van der Waals surface area contributed by atoms with Crippen LogP contribution in [-0.2, 0) is 28.6 Å². The Morgan fingerprint density at radius 2 is 0.468 bits per heavy atom. The van der Waals surface area contributed by atoms with Crippen LogP contribution >= 0.6 is 0 Å². The van der Waals surface area contributed by atoms with Crippen molar-refractivity contribution in [1.82, 2.24) is 0 Å². The fraction of sp³-hybridized carbons (Fsp3) is 0.845. The van der Waals surface area contributed by atoms with Crippen molar-refractivity contribution < 1.29 is 28.6 Å². The van der Waals surface area contributed by atoms with Crippen LogP contribution in [0.5, 0.6) is 0 Å². The molecule has 0 radical (unpaired) electrons. The molecule has 0 heterocycles. The number of hydrogen-bond acceptors (Lipinski definition) is 6. The van der Waals surface area contributed by atoms with Crippen LogP contribution in [-0.4, -0.2) is 37.2 Å². The number of hydrogen-bond donors (Lipinski definition) is 0. The van der Waals surface area contributed by atoms with Gasteiger partial charge < -0.3 is 14.2 Å². The van der Waals surface area contributed by atoms with Crippen LogP contribution in [0.2, 0.25) is 0 Å². The molecule has 0 spiro atoms. The molecule has 0 aromatic heterocycles. The number of rotatable bonds is 63. The van der Waals surface area contributed by atoms with Gasteiger partial charge in [-0.1, -0.05) is 313 Å². The van der Waals surface area contributed by atoms with E-state index < -0.39 is 6.10 Å². The largest absolute Gasteiger partial charge is 0.462 e. The first-order valence-corrected chi connectivity index (χ1v) is 34.1. The maximum absolute atomic E-state index is 12.8. The Kier molecular flexibility index (Phi) is 63.6. The minimum absolute atomic E-state index is 0.0716. The third-order valence-electron chi connectivity index (χ3n) is 15.3. The summed E-state index contributed by atoms with van der Waals surface area (Å²) >= 11 is 0. The summed E-state index contributed by atoms with van der Waals surface area (Å²) in [6.07, 6.45) is 83.2. The molecule has 77 heavy (non-hydrogen) atoms. The van der Waals surface area contributed by atoms with Crippen LogP contribution in [0.4, 0.5) is 0 Å². The van der Waals surface area contributed by atoms with E-state index in [0.717, 1.165) is 77.0 Å². The fourth-order valence-electron chi connectivity index (χ4n) is 10.2. The van der Waals surface area contributed by atoms with Gasteiger partial charge >= 0.3 is 17.9 Å². The molecule has 6 heteroatoms. The lowest BCUT2D eigenvalue weighted by Crippen LogP contribution is -2.30. The van der Waals surface area contributed by atoms with E-state index in [1.807, 2.05) is 0 Å². The van der Waals surface area contributed by atoms with Gasteiger partial charge in [-0.15, -0.1) is 0 Å². The van der Waals surface area contributed by atoms with E-state index in [1.165, 1.54) is 250 Å². The highest BCUT2D eigenvalue weighted by Gasteiger charge is 2.19. The average Bonchev–Trinajstić information content (AvgIpc) is 3.43. The summed E-state index contributed by atoms with van der Waals surface area (Å²) in [6, 6.07) is 0. The van der Waals surface area contributed by atoms with Crippen LogP contribution in [0, 0.1) is 0 Å². The van der Waals surface area contributed by atoms with Gasteiger partial charge in [0.1, 0.15) is 13.2 Å². The fourth-order valence-corrected chi connectivity index (χ4v) is 10.2. The smallest absolute Gasteiger partial charge is 0.306 e. The monoisotopic (exact) mass is 1080 g/mol. The van der Waals surface area contributed by atoms with Gasteiger partial charge in [0, 0.05) is 19.3 Å². The molecule has 0 aliphatic heterocycles. The van der Waals surface area contributed by atoms with Crippen LogP contribution < -0.4 is 0 Å². The first-order chi connectivity index (χ1) is 38.0. The topological polar surface area (TPSA) is 78.9 Å². The zero-order chi connectivity index (χ0) is 55.7. The maximum atomic E-state index is 12.8. The lowest BCUT2D eigenvalue weighted by atomic mass is 10.0. The molecule has 0 aliphatic carbocycles. The molecular formula is C71H130O6. The maximum Gasteiger partial charge on any atom is 0.306 e. The van der Waals surface area contributed by atoms with E-state index in [4.69, 9.17) is 14.2 Å². The Labute approximate surface area is 479 Å². The van der Waals surface area contributed by atoms with E-state index in [0.29, 0.717) is 19.3 Å². The van der Waals surface area contributed by atoms with E-state index in [-0.39, 0.29) is 31.1 Å². The highest BCUT2D eigenvalue weighted by molar-refractivity contribution is 5.71. The highest BCUT2D eigenvalue weighted by Crippen LogP contribution is 2.18. The standard InChI is InChI=1S/C71H130O6/c1-4-7-10-13-16-18-20-22-24-26-27-28-29-30-31-32-33-34-35-36-37-38-39-40-41-42-43-45-46-48-50-52-55-58-61-64-70(73)76-67-68(66-75-69(72)63-60-57-54-15-12-9-6-3)77-71(74)65-62-59-56-53-51-49-47-44-25-23-21-19-17-14-11-8-5-2/h17,19-20,22-23,25-27,68H,4-16,18,21,24,28-67H2,1-3H3/b19-17-,22-20-,25-23-,27-26-. The first-order valence-electron chi connectivity index (χ1n) is 34.1. The normalized spacial score (nSPS) is 12.3. The molecule has 1 atom stereocenters. The minimum Gasteiger partial charge on any atom is -0.462 e. The van der Waals surface area contributed by atoms with Crippen molar-refractivity contribution in [3.8, 4) is 0 Å². The van der Waals surface area contributed by atoms with Crippen molar-refractivity contribution >= 4 is 17.9 Å². The molecule has 0 bridgehead atoms. The SMILES string of the molecule is CCCCC/C=C\C/C=C\CCCCCCCCCC(=O)OC(COC(=O)CCCCCCCCC)COC(=O)CCCCCCCCCCCCCCCCCCCCCCCCC/C=C\C/C=C\CCCCCCC. The molecule has 0 aromatic carbocycles. The van der Waals surface area contributed by atoms with E-state index in [1.54, 1.807) is 0 Å². The second-order valence-corrected chi connectivity index (χ2v) is 23.1. The van der Waals surface area contributed by atoms with Crippen LogP contribution in [0.15, 0.2) is 48.6 Å². The summed E-state index contributed by atoms with van der Waals surface area (Å²) in [4.78, 5) is 38.1. The second kappa shape index (κ2) is 65.9. The molecule has 0 rings (SSSR count). The number of carbonyl (C=O) groups excluding carboxylic acids is 3. The summed E-state index contributed by atoms with van der Waals surface area (Å²) in [6.45, 7) is 6.60. The summed E-state index contributed by atoms with van der Waals surface area (Å²) in [5.74, 6) is -0.867. The van der Waals surface area contributed by atoms with Crippen molar-refractivity contribution in [2.45, 2.75) is 374 Å². The van der Waals surface area contributed by atoms with E-state index in [2.05, 4.69) is 69.4 Å². The highest BCUT2D eigenvalue weighted by atomic mass is 16.6. The summed E-state index contributed by atoms with van der Waals surface area (Å²) in [5.41, 5.74) is 0. The summed E-state index contributed by atoms with van der Waals surface area (Å²) in [5, 5.41) is 0. The van der Waals surface area contributed by atoms with E-state index in [9.17, 15) is 14.4 Å². The van der Waals surface area contributed by atoms with Crippen molar-refractivity contribution in [3.63, 3.8) is 0 Å². The van der Waals surface area contributed by atoms with Gasteiger partial charge in [-0.3, -0.25) is 14.4 Å². The van der Waals surface area contributed by atoms with Crippen molar-refractivity contribution in [1.29, 1.82) is 0 Å². The van der Waals surface area contributed by atoms with Crippen LogP contribution in [0.25, 0.3) is 0 Å². The van der Waals surface area contributed by atoms with Crippen molar-refractivity contribution in [2.75, 3.05) is 13.2 Å². The van der Waals surface area contributed by atoms with Crippen molar-refractivity contribution in [2.24, 2.45) is 0 Å². The average molecular weight is 1080 g/mol.